The molecule has 0 aliphatic carbocycles. The number of likely N-dealkylation sites (tertiary alicyclic amines) is 1. The molecule has 5 nitrogen and oxygen atoms in total. The SMILES string of the molecule is Cc1ccc(Nc2c(C#N)cnc3cc(-c4ccc(CN5CCC(O)CC5)s4)ccc23)c(C)c1. The summed E-state index contributed by atoms with van der Waals surface area (Å²) >= 11 is 1.81. The number of aliphatic hydroxyl groups is 1. The molecule has 0 saturated carbocycles. The van der Waals surface area contributed by atoms with Crippen LogP contribution in [0, 0.1) is 25.2 Å². The molecule has 1 saturated heterocycles. The molecule has 0 atom stereocenters. The maximum Gasteiger partial charge on any atom is 0.103 e. The summed E-state index contributed by atoms with van der Waals surface area (Å²) in [6, 6.07) is 19.2. The normalized spacial score (nSPS) is 14.9. The van der Waals surface area contributed by atoms with Crippen molar-refractivity contribution in [3.05, 3.63) is 76.3 Å². The van der Waals surface area contributed by atoms with Gasteiger partial charge in [-0.15, -0.1) is 11.3 Å². The lowest BCUT2D eigenvalue weighted by atomic mass is 10.0. The van der Waals surface area contributed by atoms with Gasteiger partial charge < -0.3 is 10.4 Å². The fraction of sp³-hybridized carbons (Fsp3) is 0.286. The summed E-state index contributed by atoms with van der Waals surface area (Å²) in [5.74, 6) is 0. The number of nitriles is 1. The lowest BCUT2D eigenvalue weighted by molar-refractivity contribution is 0.0797. The maximum absolute atomic E-state index is 9.74. The number of pyridine rings is 1. The minimum Gasteiger partial charge on any atom is -0.393 e. The molecule has 2 N–H and O–H groups in total. The van der Waals surface area contributed by atoms with Gasteiger partial charge in [0.15, 0.2) is 0 Å². The summed E-state index contributed by atoms with van der Waals surface area (Å²) in [7, 11) is 0. The maximum atomic E-state index is 9.74. The Morgan fingerprint density at radius 2 is 1.94 bits per heavy atom. The van der Waals surface area contributed by atoms with Crippen molar-refractivity contribution >= 4 is 33.6 Å². The molecule has 6 heteroatoms. The Kier molecular flexibility index (Phi) is 6.34. The van der Waals surface area contributed by atoms with Crippen LogP contribution in [0.2, 0.25) is 0 Å². The van der Waals surface area contributed by atoms with Gasteiger partial charge >= 0.3 is 0 Å². The predicted octanol–water partition coefficient (Wildman–Crippen LogP) is 6.15. The summed E-state index contributed by atoms with van der Waals surface area (Å²) in [6.45, 7) is 6.98. The molecule has 2 aromatic heterocycles. The molecule has 2 aromatic carbocycles. The summed E-state index contributed by atoms with van der Waals surface area (Å²) < 4.78 is 0. The number of aryl methyl sites for hydroxylation is 2. The van der Waals surface area contributed by atoms with E-state index < -0.39 is 0 Å². The van der Waals surface area contributed by atoms with Gasteiger partial charge in [-0.1, -0.05) is 29.8 Å². The predicted molar refractivity (Wildman–Crippen MR) is 139 cm³/mol. The van der Waals surface area contributed by atoms with Crippen LogP contribution in [0.3, 0.4) is 0 Å². The second-order valence-corrected chi connectivity index (χ2v) is 10.3. The van der Waals surface area contributed by atoms with Gasteiger partial charge in [0.1, 0.15) is 6.07 Å². The standard InChI is InChI=1S/C28H28N4OS/c1-18-3-7-25(19(2)13-18)31-28-21(15-29)16-30-26-14-20(4-6-24(26)28)27-8-5-23(34-27)17-32-11-9-22(33)10-12-32/h3-8,13-14,16,22,33H,9-12,17H2,1-2H3,(H,30,31). The van der Waals surface area contributed by atoms with Crippen LogP contribution in [-0.2, 0) is 6.54 Å². The molecule has 34 heavy (non-hydrogen) atoms. The fourth-order valence-electron chi connectivity index (χ4n) is 4.57. The van der Waals surface area contributed by atoms with Gasteiger partial charge in [-0.25, -0.2) is 0 Å². The van der Waals surface area contributed by atoms with Crippen LogP contribution in [0.1, 0.15) is 34.4 Å². The Morgan fingerprint density at radius 3 is 2.71 bits per heavy atom. The Balaban J connectivity index is 1.43. The van der Waals surface area contributed by atoms with Crippen molar-refractivity contribution < 1.29 is 5.11 Å². The molecule has 5 rings (SSSR count). The van der Waals surface area contributed by atoms with Crippen LogP contribution in [0.15, 0.2) is 54.7 Å². The number of fused-ring (bicyclic) bond motifs is 1. The van der Waals surface area contributed by atoms with E-state index >= 15 is 0 Å². The van der Waals surface area contributed by atoms with E-state index in [1.165, 1.54) is 15.3 Å². The number of thiophene rings is 1. The molecule has 0 spiro atoms. The molecule has 0 bridgehead atoms. The summed E-state index contributed by atoms with van der Waals surface area (Å²) in [6.07, 6.45) is 3.23. The van der Waals surface area contributed by atoms with Crippen molar-refractivity contribution in [2.24, 2.45) is 0 Å². The number of aromatic nitrogens is 1. The first kappa shape index (κ1) is 22.5. The van der Waals surface area contributed by atoms with Crippen molar-refractivity contribution in [3.8, 4) is 16.5 Å². The van der Waals surface area contributed by atoms with Gasteiger partial charge in [-0.3, -0.25) is 9.88 Å². The largest absolute Gasteiger partial charge is 0.393 e. The third-order valence-electron chi connectivity index (χ3n) is 6.51. The second-order valence-electron chi connectivity index (χ2n) is 9.11. The first-order chi connectivity index (χ1) is 16.5. The highest BCUT2D eigenvalue weighted by molar-refractivity contribution is 7.15. The average Bonchev–Trinajstić information content (AvgIpc) is 3.30. The molecule has 0 radical (unpaired) electrons. The van der Waals surface area contributed by atoms with Gasteiger partial charge in [0.05, 0.1) is 22.9 Å². The number of hydrogen-bond donors (Lipinski definition) is 2. The zero-order valence-corrected chi connectivity index (χ0v) is 20.3. The Morgan fingerprint density at radius 1 is 1.12 bits per heavy atom. The molecule has 1 aliphatic heterocycles. The fourth-order valence-corrected chi connectivity index (χ4v) is 5.62. The van der Waals surface area contributed by atoms with E-state index in [1.54, 1.807) is 17.5 Å². The zero-order valence-electron chi connectivity index (χ0n) is 19.5. The van der Waals surface area contributed by atoms with Crippen LogP contribution in [0.5, 0.6) is 0 Å². The number of nitrogens with zero attached hydrogens (tertiary/aromatic N) is 3. The van der Waals surface area contributed by atoms with E-state index in [2.05, 4.69) is 83.6 Å². The zero-order chi connectivity index (χ0) is 23.7. The van der Waals surface area contributed by atoms with Crippen LogP contribution in [-0.4, -0.2) is 34.2 Å². The van der Waals surface area contributed by atoms with Gasteiger partial charge in [0, 0.05) is 46.7 Å². The number of aliphatic hydroxyl groups excluding tert-OH is 1. The third-order valence-corrected chi connectivity index (χ3v) is 7.63. The molecular weight excluding hydrogens is 440 g/mol. The number of rotatable bonds is 5. The lowest BCUT2D eigenvalue weighted by Gasteiger charge is -2.28. The van der Waals surface area contributed by atoms with E-state index in [0.29, 0.717) is 5.56 Å². The summed E-state index contributed by atoms with van der Waals surface area (Å²) in [5, 5.41) is 23.9. The van der Waals surface area contributed by atoms with E-state index in [-0.39, 0.29) is 6.10 Å². The van der Waals surface area contributed by atoms with Crippen LogP contribution in [0.4, 0.5) is 11.4 Å². The second kappa shape index (κ2) is 9.55. The molecule has 172 valence electrons. The number of benzene rings is 2. The number of nitrogens with one attached hydrogen (secondary N) is 1. The number of hydrogen-bond acceptors (Lipinski definition) is 6. The highest BCUT2D eigenvalue weighted by Crippen LogP contribution is 2.35. The smallest absolute Gasteiger partial charge is 0.103 e. The van der Waals surface area contributed by atoms with Crippen LogP contribution < -0.4 is 5.32 Å². The van der Waals surface area contributed by atoms with Gasteiger partial charge in [0.25, 0.3) is 0 Å². The van der Waals surface area contributed by atoms with Gasteiger partial charge in [0.2, 0.25) is 0 Å². The molecular formula is C28H28N4OS. The highest BCUT2D eigenvalue weighted by atomic mass is 32.1. The highest BCUT2D eigenvalue weighted by Gasteiger charge is 2.18. The first-order valence-electron chi connectivity index (χ1n) is 11.7. The Hall–Kier alpha value is -3.24. The molecule has 4 aromatic rings. The quantitative estimate of drug-likeness (QED) is 0.367. The van der Waals surface area contributed by atoms with E-state index in [9.17, 15) is 10.4 Å². The molecule has 0 amide bonds. The van der Waals surface area contributed by atoms with E-state index in [0.717, 1.165) is 65.9 Å². The van der Waals surface area contributed by atoms with Crippen LogP contribution >= 0.6 is 11.3 Å². The summed E-state index contributed by atoms with van der Waals surface area (Å²) in [4.78, 5) is 9.55. The molecule has 1 fully saturated rings. The summed E-state index contributed by atoms with van der Waals surface area (Å²) in [5.41, 5.74) is 6.67. The molecule has 0 unspecified atom stereocenters. The van der Waals surface area contributed by atoms with Crippen molar-refractivity contribution in [2.45, 2.75) is 39.3 Å². The lowest BCUT2D eigenvalue weighted by Crippen LogP contribution is -2.35. The van der Waals surface area contributed by atoms with Crippen molar-refractivity contribution in [2.75, 3.05) is 18.4 Å². The van der Waals surface area contributed by atoms with Crippen molar-refractivity contribution in [3.63, 3.8) is 0 Å². The minimum absolute atomic E-state index is 0.143. The van der Waals surface area contributed by atoms with E-state index in [4.69, 9.17) is 0 Å². The van der Waals surface area contributed by atoms with E-state index in [1.807, 2.05) is 0 Å². The first-order valence-corrected chi connectivity index (χ1v) is 12.5. The van der Waals surface area contributed by atoms with Gasteiger partial charge in [-0.2, -0.15) is 5.26 Å². The topological polar surface area (TPSA) is 72.2 Å². The number of piperidine rings is 1. The molecule has 1 aliphatic rings. The average molecular weight is 469 g/mol. The minimum atomic E-state index is -0.143. The molecule has 3 heterocycles. The number of anilines is 2. The van der Waals surface area contributed by atoms with Crippen LogP contribution in [0.25, 0.3) is 21.3 Å². The Bertz CT molecular complexity index is 1380. The van der Waals surface area contributed by atoms with Crippen molar-refractivity contribution in [1.29, 1.82) is 5.26 Å². The van der Waals surface area contributed by atoms with Gasteiger partial charge in [-0.05, 0) is 62.1 Å². The monoisotopic (exact) mass is 468 g/mol. The van der Waals surface area contributed by atoms with Crippen molar-refractivity contribution in [1.82, 2.24) is 9.88 Å². The third kappa shape index (κ3) is 4.69. The Labute approximate surface area is 204 Å².